The van der Waals surface area contributed by atoms with Crippen molar-refractivity contribution in [3.63, 3.8) is 0 Å². The Morgan fingerprint density at radius 2 is 2.27 bits per heavy atom. The van der Waals surface area contributed by atoms with Gasteiger partial charge < -0.3 is 4.74 Å². The highest BCUT2D eigenvalue weighted by Gasteiger charge is 2.07. The average molecular weight is 222 g/mol. The van der Waals surface area contributed by atoms with Gasteiger partial charge >= 0.3 is 4.87 Å². The van der Waals surface area contributed by atoms with E-state index in [1.807, 2.05) is 25.1 Å². The van der Waals surface area contributed by atoms with E-state index in [1.165, 1.54) is 0 Å². The molecule has 0 fully saturated rings. The van der Waals surface area contributed by atoms with Gasteiger partial charge in [-0.2, -0.15) is 5.10 Å². The van der Waals surface area contributed by atoms with Gasteiger partial charge in [-0.15, -0.1) is 0 Å². The van der Waals surface area contributed by atoms with Crippen molar-refractivity contribution >= 4 is 11.3 Å². The number of rotatable bonds is 2. The summed E-state index contributed by atoms with van der Waals surface area (Å²) in [6.07, 6.45) is 0. The molecule has 78 valence electrons. The van der Waals surface area contributed by atoms with Crippen LogP contribution in [-0.2, 0) is 0 Å². The molecule has 0 radical (unpaired) electrons. The van der Waals surface area contributed by atoms with Gasteiger partial charge in [-0.25, -0.2) is 5.10 Å². The molecule has 2 aromatic rings. The molecule has 1 aromatic carbocycles. The van der Waals surface area contributed by atoms with Gasteiger partial charge in [-0.05, 0) is 30.7 Å². The maximum Gasteiger partial charge on any atom is 0.322 e. The number of H-pyrrole nitrogens is 1. The minimum absolute atomic E-state index is 0.139. The zero-order chi connectivity index (χ0) is 10.8. The fourth-order valence-electron chi connectivity index (χ4n) is 1.35. The standard InChI is InChI=1S/C10H10N2O2S/c1-6-5-7(14-2)3-4-8(6)9-11-12-10(13)15-9/h3-5H,1-2H3,(H,12,13). The van der Waals surface area contributed by atoms with Crippen molar-refractivity contribution in [1.29, 1.82) is 0 Å². The van der Waals surface area contributed by atoms with Crippen molar-refractivity contribution in [3.05, 3.63) is 33.4 Å². The van der Waals surface area contributed by atoms with Crippen molar-refractivity contribution in [1.82, 2.24) is 10.2 Å². The summed E-state index contributed by atoms with van der Waals surface area (Å²) in [5.74, 6) is 0.805. The number of aryl methyl sites for hydroxylation is 1. The second kappa shape index (κ2) is 3.86. The number of hydrogen-bond donors (Lipinski definition) is 1. The summed E-state index contributed by atoms with van der Waals surface area (Å²) in [6.45, 7) is 1.96. The zero-order valence-corrected chi connectivity index (χ0v) is 9.22. The van der Waals surface area contributed by atoms with E-state index in [0.717, 1.165) is 28.2 Å². The Bertz CT molecular complexity index is 530. The van der Waals surface area contributed by atoms with E-state index in [9.17, 15) is 4.79 Å². The summed E-state index contributed by atoms with van der Waals surface area (Å²) in [4.78, 5) is 10.8. The number of nitrogens with zero attached hydrogens (tertiary/aromatic N) is 1. The Balaban J connectivity index is 2.49. The molecule has 0 aliphatic rings. The summed E-state index contributed by atoms with van der Waals surface area (Å²) < 4.78 is 5.10. The maximum atomic E-state index is 11.0. The molecule has 0 saturated carbocycles. The number of ether oxygens (including phenoxy) is 1. The van der Waals surface area contributed by atoms with E-state index in [0.29, 0.717) is 5.01 Å². The van der Waals surface area contributed by atoms with Gasteiger partial charge in [0.25, 0.3) is 0 Å². The molecule has 0 spiro atoms. The minimum Gasteiger partial charge on any atom is -0.497 e. The summed E-state index contributed by atoms with van der Waals surface area (Å²) >= 11 is 1.11. The SMILES string of the molecule is COc1ccc(-c2n[nH]c(=O)s2)c(C)c1. The lowest BCUT2D eigenvalue weighted by Gasteiger charge is -2.04. The second-order valence-corrected chi connectivity index (χ2v) is 4.06. The van der Waals surface area contributed by atoms with Gasteiger partial charge in [0.05, 0.1) is 7.11 Å². The third-order valence-corrected chi connectivity index (χ3v) is 2.88. The normalized spacial score (nSPS) is 10.3. The molecule has 0 aliphatic carbocycles. The van der Waals surface area contributed by atoms with Crippen molar-refractivity contribution in [2.45, 2.75) is 6.92 Å². The number of aromatic amines is 1. The van der Waals surface area contributed by atoms with E-state index in [2.05, 4.69) is 10.2 Å². The summed E-state index contributed by atoms with van der Waals surface area (Å²) in [5, 5.41) is 7.06. The fraction of sp³-hybridized carbons (Fsp3) is 0.200. The van der Waals surface area contributed by atoms with Crippen LogP contribution in [-0.4, -0.2) is 17.3 Å². The zero-order valence-electron chi connectivity index (χ0n) is 8.40. The van der Waals surface area contributed by atoms with Crippen molar-refractivity contribution < 1.29 is 4.74 Å². The smallest absolute Gasteiger partial charge is 0.322 e. The average Bonchev–Trinajstić information content (AvgIpc) is 2.64. The lowest BCUT2D eigenvalue weighted by atomic mass is 10.1. The molecule has 0 saturated heterocycles. The van der Waals surface area contributed by atoms with Crippen LogP contribution in [0.2, 0.25) is 0 Å². The molecule has 0 aliphatic heterocycles. The van der Waals surface area contributed by atoms with Crippen LogP contribution in [0.3, 0.4) is 0 Å². The Morgan fingerprint density at radius 3 is 2.80 bits per heavy atom. The molecule has 15 heavy (non-hydrogen) atoms. The Morgan fingerprint density at radius 1 is 1.47 bits per heavy atom. The molecule has 0 amide bonds. The van der Waals surface area contributed by atoms with Crippen LogP contribution in [0, 0.1) is 6.92 Å². The van der Waals surface area contributed by atoms with Gasteiger partial charge in [0, 0.05) is 5.56 Å². The van der Waals surface area contributed by atoms with Crippen molar-refractivity contribution in [3.8, 4) is 16.3 Å². The van der Waals surface area contributed by atoms with E-state index >= 15 is 0 Å². The van der Waals surface area contributed by atoms with Gasteiger partial charge in [-0.1, -0.05) is 11.3 Å². The van der Waals surface area contributed by atoms with Crippen LogP contribution in [0.4, 0.5) is 0 Å². The van der Waals surface area contributed by atoms with Gasteiger partial charge in [0.15, 0.2) is 0 Å². The molecule has 5 heteroatoms. The molecule has 0 atom stereocenters. The molecule has 1 heterocycles. The summed E-state index contributed by atoms with van der Waals surface area (Å²) in [7, 11) is 1.63. The lowest BCUT2D eigenvalue weighted by Crippen LogP contribution is -1.90. The lowest BCUT2D eigenvalue weighted by molar-refractivity contribution is 0.414. The highest BCUT2D eigenvalue weighted by atomic mass is 32.1. The number of benzene rings is 1. The minimum atomic E-state index is -0.139. The Kier molecular flexibility index (Phi) is 2.55. The van der Waals surface area contributed by atoms with Crippen LogP contribution < -0.4 is 9.61 Å². The molecule has 1 N–H and O–H groups in total. The predicted octanol–water partition coefficient (Wildman–Crippen LogP) is 1.82. The molecule has 0 bridgehead atoms. The fourth-order valence-corrected chi connectivity index (χ4v) is 2.05. The first-order valence-electron chi connectivity index (χ1n) is 4.41. The molecular weight excluding hydrogens is 212 g/mol. The highest BCUT2D eigenvalue weighted by molar-refractivity contribution is 7.12. The monoisotopic (exact) mass is 222 g/mol. The molecule has 2 rings (SSSR count). The second-order valence-electron chi connectivity index (χ2n) is 3.10. The van der Waals surface area contributed by atoms with Crippen LogP contribution in [0.15, 0.2) is 23.0 Å². The highest BCUT2D eigenvalue weighted by Crippen LogP contribution is 2.26. The molecule has 1 aromatic heterocycles. The molecular formula is C10H10N2O2S. The van der Waals surface area contributed by atoms with Crippen LogP contribution in [0.1, 0.15) is 5.56 Å². The van der Waals surface area contributed by atoms with Gasteiger partial charge in [-0.3, -0.25) is 4.79 Å². The summed E-state index contributed by atoms with van der Waals surface area (Å²) in [6, 6.07) is 5.68. The third kappa shape index (κ3) is 1.92. The topological polar surface area (TPSA) is 55.0 Å². The quantitative estimate of drug-likeness (QED) is 0.843. The number of hydrogen-bond acceptors (Lipinski definition) is 4. The predicted molar refractivity (Wildman–Crippen MR) is 59.5 cm³/mol. The third-order valence-electron chi connectivity index (χ3n) is 2.10. The van der Waals surface area contributed by atoms with Gasteiger partial charge in [0.1, 0.15) is 10.8 Å². The largest absolute Gasteiger partial charge is 0.497 e. The van der Waals surface area contributed by atoms with E-state index in [-0.39, 0.29) is 4.87 Å². The van der Waals surface area contributed by atoms with Crippen LogP contribution in [0.25, 0.3) is 10.6 Å². The van der Waals surface area contributed by atoms with E-state index in [4.69, 9.17) is 4.74 Å². The maximum absolute atomic E-state index is 11.0. The Labute approximate surface area is 90.5 Å². The van der Waals surface area contributed by atoms with Crippen LogP contribution >= 0.6 is 11.3 Å². The first-order chi connectivity index (χ1) is 7.20. The van der Waals surface area contributed by atoms with Crippen molar-refractivity contribution in [2.24, 2.45) is 0 Å². The summed E-state index contributed by atoms with van der Waals surface area (Å²) in [5.41, 5.74) is 2.00. The molecule has 0 unspecified atom stereocenters. The first-order valence-corrected chi connectivity index (χ1v) is 5.23. The van der Waals surface area contributed by atoms with Gasteiger partial charge in [0.2, 0.25) is 0 Å². The van der Waals surface area contributed by atoms with E-state index < -0.39 is 0 Å². The first kappa shape index (κ1) is 9.92. The van der Waals surface area contributed by atoms with Crippen LogP contribution in [0.5, 0.6) is 5.75 Å². The Hall–Kier alpha value is -1.62. The van der Waals surface area contributed by atoms with Crippen molar-refractivity contribution in [2.75, 3.05) is 7.11 Å². The number of aromatic nitrogens is 2. The van der Waals surface area contributed by atoms with E-state index in [1.54, 1.807) is 7.11 Å². The number of nitrogens with one attached hydrogen (secondary N) is 1. The number of methoxy groups -OCH3 is 1. The molecule has 4 nitrogen and oxygen atoms in total.